The molecule has 1 fully saturated rings. The largest absolute Gasteiger partial charge is 0.483 e. The first kappa shape index (κ1) is 20.6. The standard InChI is InChI=1S/C22H22N6.CH2O2/c1-27-16-7-8-19(27)21-18(9-16)26-22(24)17(10-23)20(21)15-11-25-28(13-15)12-14-5-3-2-4-6-14;2-1-3/h2-6,11,13,16,19H,7-9,12H2,1H3,(H2,24,26);1H,(H,2,3)/t16-,19+;/m0./s1. The minimum atomic E-state index is -0.250. The second-order valence-electron chi connectivity index (χ2n) is 7.85. The lowest BCUT2D eigenvalue weighted by molar-refractivity contribution is -0.122. The van der Waals surface area contributed by atoms with Crippen molar-refractivity contribution in [2.45, 2.75) is 37.9 Å². The van der Waals surface area contributed by atoms with E-state index in [1.165, 1.54) is 11.1 Å². The zero-order valence-electron chi connectivity index (χ0n) is 17.3. The molecule has 2 atom stereocenters. The van der Waals surface area contributed by atoms with Crippen LogP contribution < -0.4 is 5.73 Å². The Bertz CT molecular complexity index is 1130. The summed E-state index contributed by atoms with van der Waals surface area (Å²) in [6.45, 7) is 0.441. The minimum Gasteiger partial charge on any atom is -0.483 e. The van der Waals surface area contributed by atoms with E-state index in [4.69, 9.17) is 15.6 Å². The number of rotatable bonds is 3. The van der Waals surface area contributed by atoms with Crippen LogP contribution in [-0.2, 0) is 17.8 Å². The molecule has 4 heterocycles. The number of anilines is 1. The number of nitrogens with zero attached hydrogens (tertiary/aromatic N) is 5. The van der Waals surface area contributed by atoms with Gasteiger partial charge in [0.2, 0.25) is 0 Å². The molecule has 0 aliphatic carbocycles. The van der Waals surface area contributed by atoms with Crippen molar-refractivity contribution < 1.29 is 9.90 Å². The predicted molar refractivity (Wildman–Crippen MR) is 116 cm³/mol. The summed E-state index contributed by atoms with van der Waals surface area (Å²) in [6.07, 6.45) is 7.01. The summed E-state index contributed by atoms with van der Waals surface area (Å²) in [7, 11) is 2.18. The van der Waals surface area contributed by atoms with Crippen LogP contribution in [0.4, 0.5) is 5.82 Å². The van der Waals surface area contributed by atoms with Crippen molar-refractivity contribution in [3.05, 3.63) is 65.1 Å². The summed E-state index contributed by atoms with van der Waals surface area (Å²) in [6, 6.07) is 13.3. The maximum absolute atomic E-state index is 9.83. The maximum Gasteiger partial charge on any atom is 0.290 e. The number of carboxylic acid groups (broad SMARTS) is 1. The highest BCUT2D eigenvalue weighted by Gasteiger charge is 2.41. The molecule has 2 aliphatic heterocycles. The number of aromatic nitrogens is 3. The molecule has 0 unspecified atom stereocenters. The molecule has 8 heteroatoms. The number of hydrogen-bond acceptors (Lipinski definition) is 6. The topological polar surface area (TPSA) is 121 Å². The first-order chi connectivity index (χ1) is 15.1. The van der Waals surface area contributed by atoms with Crippen LogP contribution in [0.3, 0.4) is 0 Å². The van der Waals surface area contributed by atoms with Gasteiger partial charge in [0.05, 0.1) is 12.7 Å². The van der Waals surface area contributed by atoms with E-state index in [1.54, 1.807) is 0 Å². The van der Waals surface area contributed by atoms with Crippen LogP contribution in [-0.4, -0.2) is 44.3 Å². The van der Waals surface area contributed by atoms with Gasteiger partial charge in [-0.25, -0.2) is 4.98 Å². The van der Waals surface area contributed by atoms with E-state index in [2.05, 4.69) is 40.2 Å². The molecule has 2 aromatic heterocycles. The van der Waals surface area contributed by atoms with Crippen molar-refractivity contribution in [1.29, 1.82) is 5.26 Å². The smallest absolute Gasteiger partial charge is 0.290 e. The van der Waals surface area contributed by atoms with Gasteiger partial charge in [0, 0.05) is 47.1 Å². The van der Waals surface area contributed by atoms with Gasteiger partial charge >= 0.3 is 0 Å². The average Bonchev–Trinajstić information content (AvgIpc) is 3.30. The van der Waals surface area contributed by atoms with Crippen molar-refractivity contribution >= 4 is 12.3 Å². The lowest BCUT2D eigenvalue weighted by Gasteiger charge is -2.34. The summed E-state index contributed by atoms with van der Waals surface area (Å²) in [5.41, 5.74) is 11.9. The number of benzene rings is 1. The second-order valence-corrected chi connectivity index (χ2v) is 7.85. The Morgan fingerprint density at radius 3 is 2.77 bits per heavy atom. The van der Waals surface area contributed by atoms with Crippen LogP contribution in [0.25, 0.3) is 11.1 Å². The van der Waals surface area contributed by atoms with E-state index in [9.17, 15) is 5.26 Å². The van der Waals surface area contributed by atoms with Crippen molar-refractivity contribution in [1.82, 2.24) is 19.7 Å². The van der Waals surface area contributed by atoms with Crippen LogP contribution in [0.15, 0.2) is 42.7 Å². The van der Waals surface area contributed by atoms with Crippen LogP contribution in [0.1, 0.15) is 41.3 Å². The first-order valence-corrected chi connectivity index (χ1v) is 10.2. The Hall–Kier alpha value is -3.70. The molecule has 1 aromatic carbocycles. The van der Waals surface area contributed by atoms with E-state index in [0.717, 1.165) is 36.1 Å². The van der Waals surface area contributed by atoms with Gasteiger partial charge in [-0.3, -0.25) is 14.4 Å². The molecule has 5 rings (SSSR count). The fourth-order valence-electron chi connectivity index (χ4n) is 4.77. The van der Waals surface area contributed by atoms with E-state index in [-0.39, 0.29) is 6.47 Å². The number of hydrogen-bond donors (Lipinski definition) is 2. The number of nitriles is 1. The monoisotopic (exact) mass is 416 g/mol. The van der Waals surface area contributed by atoms with Crippen LogP contribution in [0.2, 0.25) is 0 Å². The molecule has 0 radical (unpaired) electrons. The van der Waals surface area contributed by atoms with Crippen molar-refractivity contribution in [2.75, 3.05) is 12.8 Å². The van der Waals surface area contributed by atoms with Gasteiger partial charge in [-0.2, -0.15) is 10.4 Å². The lowest BCUT2D eigenvalue weighted by Crippen LogP contribution is -2.35. The highest BCUT2D eigenvalue weighted by Crippen LogP contribution is 2.47. The molecule has 8 nitrogen and oxygen atoms in total. The molecular formula is C23H24N6O2. The number of nitrogens with two attached hydrogens (primary N) is 1. The summed E-state index contributed by atoms with van der Waals surface area (Å²) in [5, 5.41) is 21.3. The minimum absolute atomic E-state index is 0.250. The Balaban J connectivity index is 0.000000730. The SMILES string of the molecule is CN1[C@H]2CC[C@@H]1c1c(nc(N)c(C#N)c1-c1cnn(Cc3ccccc3)c1)C2.O=CO. The molecule has 2 aliphatic rings. The molecule has 31 heavy (non-hydrogen) atoms. The van der Waals surface area contributed by atoms with Gasteiger partial charge in [0.1, 0.15) is 17.5 Å². The zero-order chi connectivity index (χ0) is 22.0. The number of likely N-dealkylation sites (N-methyl/N-ethyl adjacent to an activating group) is 1. The van der Waals surface area contributed by atoms with E-state index >= 15 is 0 Å². The summed E-state index contributed by atoms with van der Waals surface area (Å²) < 4.78 is 1.92. The van der Waals surface area contributed by atoms with Crippen LogP contribution >= 0.6 is 0 Å². The molecule has 3 aromatic rings. The van der Waals surface area contributed by atoms with Crippen LogP contribution in [0.5, 0.6) is 0 Å². The third kappa shape index (κ3) is 3.76. The third-order valence-corrected chi connectivity index (χ3v) is 6.17. The molecule has 0 saturated carbocycles. The van der Waals surface area contributed by atoms with E-state index in [1.807, 2.05) is 35.3 Å². The molecule has 3 N–H and O–H groups in total. The maximum atomic E-state index is 9.83. The third-order valence-electron chi connectivity index (χ3n) is 6.17. The van der Waals surface area contributed by atoms with E-state index < -0.39 is 0 Å². The van der Waals surface area contributed by atoms with Gasteiger partial charge in [-0.05, 0) is 25.5 Å². The average molecular weight is 416 g/mol. The van der Waals surface area contributed by atoms with Crippen LogP contribution in [0, 0.1) is 11.3 Å². The quantitative estimate of drug-likeness (QED) is 0.630. The summed E-state index contributed by atoms with van der Waals surface area (Å²) >= 11 is 0. The fraction of sp³-hybridized carbons (Fsp3) is 0.304. The predicted octanol–water partition coefficient (Wildman–Crippen LogP) is 2.84. The van der Waals surface area contributed by atoms with Gasteiger partial charge in [-0.1, -0.05) is 30.3 Å². The lowest BCUT2D eigenvalue weighted by atomic mass is 9.88. The van der Waals surface area contributed by atoms with Crippen molar-refractivity contribution in [3.63, 3.8) is 0 Å². The highest BCUT2D eigenvalue weighted by atomic mass is 16.3. The summed E-state index contributed by atoms with van der Waals surface area (Å²) in [4.78, 5) is 15.4. The Morgan fingerprint density at radius 1 is 1.32 bits per heavy atom. The molecule has 1 saturated heterocycles. The second kappa shape index (κ2) is 8.58. The number of carbonyl (C=O) groups is 1. The van der Waals surface area contributed by atoms with Crippen molar-refractivity contribution in [2.24, 2.45) is 0 Å². The van der Waals surface area contributed by atoms with Gasteiger partial charge in [-0.15, -0.1) is 0 Å². The highest BCUT2D eigenvalue weighted by molar-refractivity contribution is 5.79. The molecule has 158 valence electrons. The molecule has 2 bridgehead atoms. The summed E-state index contributed by atoms with van der Waals surface area (Å²) in [5.74, 6) is 0.330. The number of fused-ring (bicyclic) bond motifs is 4. The Kier molecular flexibility index (Phi) is 5.69. The van der Waals surface area contributed by atoms with E-state index in [0.29, 0.717) is 30.0 Å². The zero-order valence-corrected chi connectivity index (χ0v) is 17.3. The van der Waals surface area contributed by atoms with Gasteiger partial charge in [0.25, 0.3) is 6.47 Å². The molecular weight excluding hydrogens is 392 g/mol. The normalized spacial score (nSPS) is 19.1. The Labute approximate surface area is 180 Å². The van der Waals surface area contributed by atoms with Crippen molar-refractivity contribution in [3.8, 4) is 17.2 Å². The van der Waals surface area contributed by atoms with Gasteiger partial charge in [0.15, 0.2) is 0 Å². The Morgan fingerprint density at radius 2 is 2.06 bits per heavy atom. The number of pyridine rings is 1. The first-order valence-electron chi connectivity index (χ1n) is 10.2. The fourth-order valence-corrected chi connectivity index (χ4v) is 4.77. The molecule has 0 spiro atoms. The number of nitrogen functional groups attached to an aromatic ring is 1. The molecule has 0 amide bonds. The van der Waals surface area contributed by atoms with Gasteiger partial charge < -0.3 is 10.8 Å².